The number of nitrogens with zero attached hydrogens (tertiary/aromatic N) is 2. The number of hydrogen-bond donors (Lipinski definition) is 1. The molecule has 17 heavy (non-hydrogen) atoms. The van der Waals surface area contributed by atoms with E-state index in [4.69, 9.17) is 0 Å². The lowest BCUT2D eigenvalue weighted by Crippen LogP contribution is -2.16. The summed E-state index contributed by atoms with van der Waals surface area (Å²) < 4.78 is 4.50. The topological polar surface area (TPSA) is 64.1 Å². The Morgan fingerprint density at radius 2 is 2.24 bits per heavy atom. The number of ether oxygens (including phenoxy) is 1. The Kier molecular flexibility index (Phi) is 3.66. The van der Waals surface area contributed by atoms with E-state index in [-0.39, 0.29) is 12.5 Å². The summed E-state index contributed by atoms with van der Waals surface area (Å²) in [5, 5.41) is 4.77. The maximum Gasteiger partial charge on any atom is 0.325 e. The fourth-order valence-corrected chi connectivity index (χ4v) is 1.92. The molecule has 0 aromatic carbocycles. The van der Waals surface area contributed by atoms with Crippen LogP contribution >= 0.6 is 11.3 Å². The second kappa shape index (κ2) is 5.40. The fraction of sp³-hybridized carbons (Fsp3) is 0.182. The number of thiophene rings is 1. The second-order valence-corrected chi connectivity index (χ2v) is 4.15. The molecule has 88 valence electrons. The van der Waals surface area contributed by atoms with Crippen LogP contribution in [0.3, 0.4) is 0 Å². The molecule has 2 aromatic rings. The first kappa shape index (κ1) is 11.5. The molecule has 5 nitrogen and oxygen atoms in total. The van der Waals surface area contributed by atoms with Crippen LogP contribution in [0, 0.1) is 0 Å². The summed E-state index contributed by atoms with van der Waals surface area (Å²) in [6.07, 6.45) is 3.44. The molecule has 0 radical (unpaired) electrons. The van der Waals surface area contributed by atoms with Crippen LogP contribution in [0.25, 0.3) is 10.4 Å². The summed E-state index contributed by atoms with van der Waals surface area (Å²) in [4.78, 5) is 20.3. The lowest BCUT2D eigenvalue weighted by molar-refractivity contribution is -0.138. The first-order valence-electron chi connectivity index (χ1n) is 4.96. The number of hydrogen-bond acceptors (Lipinski definition) is 6. The monoisotopic (exact) mass is 249 g/mol. The Hall–Kier alpha value is -1.95. The van der Waals surface area contributed by atoms with Crippen LogP contribution in [-0.2, 0) is 9.53 Å². The first-order chi connectivity index (χ1) is 8.29. The van der Waals surface area contributed by atoms with E-state index in [0.29, 0.717) is 5.95 Å². The summed E-state index contributed by atoms with van der Waals surface area (Å²) in [7, 11) is 1.34. The van der Waals surface area contributed by atoms with Gasteiger partial charge in [-0.1, -0.05) is 6.07 Å². The molecule has 0 fully saturated rings. The van der Waals surface area contributed by atoms with E-state index in [0.717, 1.165) is 10.4 Å². The number of anilines is 1. The molecule has 0 saturated carbocycles. The van der Waals surface area contributed by atoms with Crippen molar-refractivity contribution >= 4 is 23.3 Å². The van der Waals surface area contributed by atoms with Gasteiger partial charge in [-0.2, -0.15) is 0 Å². The van der Waals surface area contributed by atoms with E-state index >= 15 is 0 Å². The minimum atomic E-state index is -0.351. The van der Waals surface area contributed by atoms with Gasteiger partial charge in [0, 0.05) is 22.8 Å². The minimum Gasteiger partial charge on any atom is -0.468 e. The van der Waals surface area contributed by atoms with Crippen LogP contribution in [-0.4, -0.2) is 29.6 Å². The SMILES string of the molecule is COC(=O)CNc1ncc(-c2cccs2)cn1. The molecule has 0 aliphatic rings. The lowest BCUT2D eigenvalue weighted by atomic mass is 10.3. The summed E-state index contributed by atoms with van der Waals surface area (Å²) in [5.74, 6) is 0.0617. The van der Waals surface area contributed by atoms with E-state index < -0.39 is 0 Å². The van der Waals surface area contributed by atoms with E-state index in [1.54, 1.807) is 23.7 Å². The van der Waals surface area contributed by atoms with Crippen LogP contribution in [0.15, 0.2) is 29.9 Å². The summed E-state index contributed by atoms with van der Waals surface area (Å²) in [6.45, 7) is 0.0643. The van der Waals surface area contributed by atoms with Crippen molar-refractivity contribution in [3.63, 3.8) is 0 Å². The highest BCUT2D eigenvalue weighted by atomic mass is 32.1. The smallest absolute Gasteiger partial charge is 0.325 e. The Balaban J connectivity index is 2.01. The molecule has 0 saturated heterocycles. The quantitative estimate of drug-likeness (QED) is 0.837. The Bertz CT molecular complexity index is 482. The van der Waals surface area contributed by atoms with Gasteiger partial charge in [0.1, 0.15) is 6.54 Å². The highest BCUT2D eigenvalue weighted by molar-refractivity contribution is 7.13. The third kappa shape index (κ3) is 3.01. The zero-order valence-electron chi connectivity index (χ0n) is 9.21. The largest absolute Gasteiger partial charge is 0.468 e. The third-order valence-corrected chi connectivity index (χ3v) is 2.99. The Labute approximate surface area is 102 Å². The van der Waals surface area contributed by atoms with E-state index in [1.165, 1.54) is 7.11 Å². The molecule has 1 N–H and O–H groups in total. The number of aromatic nitrogens is 2. The molecule has 0 bridgehead atoms. The molecular formula is C11H11N3O2S. The maximum absolute atomic E-state index is 10.9. The van der Waals surface area contributed by atoms with Gasteiger partial charge >= 0.3 is 5.97 Å². The number of carbonyl (C=O) groups excluding carboxylic acids is 1. The van der Waals surface area contributed by atoms with Crippen molar-refractivity contribution in [3.05, 3.63) is 29.9 Å². The summed E-state index contributed by atoms with van der Waals surface area (Å²) in [6, 6.07) is 3.98. The normalized spacial score (nSPS) is 9.94. The van der Waals surface area contributed by atoms with Gasteiger partial charge in [0.05, 0.1) is 7.11 Å². The van der Waals surface area contributed by atoms with Crippen molar-refractivity contribution < 1.29 is 9.53 Å². The zero-order valence-corrected chi connectivity index (χ0v) is 10.0. The highest BCUT2D eigenvalue weighted by Gasteiger charge is 2.03. The molecule has 0 spiro atoms. The summed E-state index contributed by atoms with van der Waals surface area (Å²) in [5.41, 5.74) is 0.962. The van der Waals surface area contributed by atoms with E-state index in [1.807, 2.05) is 17.5 Å². The minimum absolute atomic E-state index is 0.0643. The van der Waals surface area contributed by atoms with Gasteiger partial charge < -0.3 is 10.1 Å². The van der Waals surface area contributed by atoms with E-state index in [2.05, 4.69) is 20.0 Å². The summed E-state index contributed by atoms with van der Waals surface area (Å²) >= 11 is 1.63. The van der Waals surface area contributed by atoms with Crippen molar-refractivity contribution in [2.45, 2.75) is 0 Å². The molecule has 0 atom stereocenters. The van der Waals surface area contributed by atoms with Gasteiger partial charge in [0.15, 0.2) is 0 Å². The molecule has 0 amide bonds. The predicted octanol–water partition coefficient (Wildman–Crippen LogP) is 1.79. The predicted molar refractivity (Wildman–Crippen MR) is 65.9 cm³/mol. The number of nitrogens with one attached hydrogen (secondary N) is 1. The molecule has 0 aliphatic carbocycles. The van der Waals surface area contributed by atoms with Gasteiger partial charge in [-0.05, 0) is 11.4 Å². The van der Waals surface area contributed by atoms with Gasteiger partial charge in [0.25, 0.3) is 0 Å². The molecular weight excluding hydrogens is 238 g/mol. The molecule has 2 aromatic heterocycles. The van der Waals surface area contributed by atoms with Crippen LogP contribution in [0.1, 0.15) is 0 Å². The fourth-order valence-electron chi connectivity index (χ4n) is 1.21. The molecule has 2 heterocycles. The van der Waals surface area contributed by atoms with Crippen molar-refractivity contribution in [3.8, 4) is 10.4 Å². The second-order valence-electron chi connectivity index (χ2n) is 3.20. The molecule has 0 aliphatic heterocycles. The third-order valence-electron chi connectivity index (χ3n) is 2.08. The number of methoxy groups -OCH3 is 1. The van der Waals surface area contributed by atoms with Crippen LogP contribution in [0.2, 0.25) is 0 Å². The van der Waals surface area contributed by atoms with Gasteiger partial charge in [-0.15, -0.1) is 11.3 Å². The van der Waals surface area contributed by atoms with Crippen molar-refractivity contribution in [2.24, 2.45) is 0 Å². The lowest BCUT2D eigenvalue weighted by Gasteiger charge is -2.03. The van der Waals surface area contributed by atoms with Crippen LogP contribution in [0.4, 0.5) is 5.95 Å². The Morgan fingerprint density at radius 1 is 1.47 bits per heavy atom. The van der Waals surface area contributed by atoms with E-state index in [9.17, 15) is 4.79 Å². The van der Waals surface area contributed by atoms with Gasteiger partial charge in [-0.25, -0.2) is 9.97 Å². The van der Waals surface area contributed by atoms with Gasteiger partial charge in [0.2, 0.25) is 5.95 Å². The van der Waals surface area contributed by atoms with Crippen LogP contribution < -0.4 is 5.32 Å². The van der Waals surface area contributed by atoms with Crippen molar-refractivity contribution in [1.29, 1.82) is 0 Å². The van der Waals surface area contributed by atoms with Crippen molar-refractivity contribution in [1.82, 2.24) is 9.97 Å². The van der Waals surface area contributed by atoms with Gasteiger partial charge in [-0.3, -0.25) is 4.79 Å². The van der Waals surface area contributed by atoms with Crippen molar-refractivity contribution in [2.75, 3.05) is 19.0 Å². The number of carbonyl (C=O) groups is 1. The zero-order chi connectivity index (χ0) is 12.1. The molecule has 2 rings (SSSR count). The first-order valence-corrected chi connectivity index (χ1v) is 5.84. The van der Waals surface area contributed by atoms with Crippen LogP contribution in [0.5, 0.6) is 0 Å². The number of rotatable bonds is 4. The average molecular weight is 249 g/mol. The molecule has 6 heteroatoms. The highest BCUT2D eigenvalue weighted by Crippen LogP contribution is 2.23. The standard InChI is InChI=1S/C11H11N3O2S/c1-16-10(15)7-14-11-12-5-8(6-13-11)9-3-2-4-17-9/h2-6H,7H2,1H3,(H,12,13,14). The molecule has 0 unspecified atom stereocenters. The number of esters is 1. The average Bonchev–Trinajstić information content (AvgIpc) is 2.90. The maximum atomic E-state index is 10.9. The Morgan fingerprint density at radius 3 is 2.82 bits per heavy atom.